The number of ketones is 1. The average Bonchev–Trinajstić information content (AvgIpc) is 3.15. The highest BCUT2D eigenvalue weighted by Crippen LogP contribution is 2.40. The number of carbonyl (C=O) groups excluding carboxylic acids is 1. The summed E-state index contributed by atoms with van der Waals surface area (Å²) in [4.78, 5) is 17.4. The Labute approximate surface area is 186 Å². The molecule has 2 aliphatic rings. The Kier molecular flexibility index (Phi) is 5.27. The Morgan fingerprint density at radius 3 is 2.68 bits per heavy atom. The minimum Gasteiger partial charge on any atom is -0.328 e. The number of Topliss-reactive ketones (excluding diaryl/α,β-unsaturated/α-hetero) is 1. The number of hydrogen-bond acceptors (Lipinski definition) is 5. The van der Waals surface area contributed by atoms with Crippen molar-refractivity contribution in [1.29, 1.82) is 0 Å². The van der Waals surface area contributed by atoms with E-state index in [1.807, 2.05) is 0 Å². The largest absolute Gasteiger partial charge is 0.328 e. The zero-order valence-electron chi connectivity index (χ0n) is 16.2. The summed E-state index contributed by atoms with van der Waals surface area (Å²) < 4.78 is 28.5. The lowest BCUT2D eigenvalue weighted by atomic mass is 9.85. The van der Waals surface area contributed by atoms with Crippen molar-refractivity contribution >= 4 is 35.1 Å². The second-order valence-electron chi connectivity index (χ2n) is 7.44. The highest BCUT2D eigenvalue weighted by Gasteiger charge is 2.36. The molecule has 2 heterocycles. The van der Waals surface area contributed by atoms with Crippen LogP contribution < -0.4 is 5.32 Å². The molecule has 5 nitrogen and oxygen atoms in total. The van der Waals surface area contributed by atoms with Crippen LogP contribution in [0.2, 0.25) is 5.02 Å². The molecule has 1 N–H and O–H groups in total. The summed E-state index contributed by atoms with van der Waals surface area (Å²) in [6.07, 6.45) is 2.01. The molecule has 0 saturated heterocycles. The van der Waals surface area contributed by atoms with E-state index in [1.54, 1.807) is 22.9 Å². The summed E-state index contributed by atoms with van der Waals surface area (Å²) >= 11 is 7.49. The molecule has 0 amide bonds. The molecule has 1 aromatic heterocycles. The molecule has 158 valence electrons. The molecular weight excluding hydrogens is 442 g/mol. The summed E-state index contributed by atoms with van der Waals surface area (Å²) in [6, 6.07) is 9.93. The van der Waals surface area contributed by atoms with Gasteiger partial charge in [0.15, 0.2) is 5.78 Å². The second-order valence-corrected chi connectivity index (χ2v) is 8.78. The van der Waals surface area contributed by atoms with Crippen LogP contribution in [0.4, 0.5) is 14.7 Å². The van der Waals surface area contributed by atoms with E-state index in [0.717, 1.165) is 29.7 Å². The topological polar surface area (TPSA) is 59.8 Å². The van der Waals surface area contributed by atoms with Crippen molar-refractivity contribution in [2.24, 2.45) is 0 Å². The Morgan fingerprint density at radius 2 is 1.90 bits per heavy atom. The molecule has 2 aromatic carbocycles. The van der Waals surface area contributed by atoms with E-state index in [1.165, 1.54) is 36.0 Å². The fraction of sp³-hybridized carbons (Fsp3) is 0.227. The van der Waals surface area contributed by atoms with E-state index in [0.29, 0.717) is 33.9 Å². The van der Waals surface area contributed by atoms with Crippen LogP contribution >= 0.6 is 23.4 Å². The number of anilines is 1. The van der Waals surface area contributed by atoms with Gasteiger partial charge in [-0.15, -0.1) is 5.10 Å². The van der Waals surface area contributed by atoms with E-state index in [9.17, 15) is 13.6 Å². The Morgan fingerprint density at radius 1 is 1.13 bits per heavy atom. The zero-order valence-corrected chi connectivity index (χ0v) is 17.8. The van der Waals surface area contributed by atoms with Gasteiger partial charge in [0.2, 0.25) is 11.1 Å². The third-order valence-corrected chi connectivity index (χ3v) is 6.64. The fourth-order valence-electron chi connectivity index (χ4n) is 3.93. The maximum Gasteiger partial charge on any atom is 0.227 e. The number of halogens is 3. The van der Waals surface area contributed by atoms with Gasteiger partial charge in [-0.2, -0.15) is 4.98 Å². The number of thioether (sulfide) groups is 1. The predicted molar refractivity (Wildman–Crippen MR) is 115 cm³/mol. The average molecular weight is 459 g/mol. The molecule has 1 aliphatic heterocycles. The van der Waals surface area contributed by atoms with Crippen molar-refractivity contribution in [2.45, 2.75) is 36.2 Å². The van der Waals surface area contributed by atoms with Gasteiger partial charge < -0.3 is 5.32 Å². The molecule has 0 saturated carbocycles. The number of nitrogens with one attached hydrogen (secondary N) is 1. The molecule has 0 radical (unpaired) electrons. The van der Waals surface area contributed by atoms with Crippen molar-refractivity contribution in [3.63, 3.8) is 0 Å². The highest BCUT2D eigenvalue weighted by atomic mass is 35.5. The maximum atomic E-state index is 13.5. The number of fused-ring (bicyclic) bond motifs is 1. The van der Waals surface area contributed by atoms with Crippen LogP contribution in [0.25, 0.3) is 0 Å². The summed E-state index contributed by atoms with van der Waals surface area (Å²) in [5.74, 6) is 0.345. The van der Waals surface area contributed by atoms with Crippen LogP contribution in [0.3, 0.4) is 0 Å². The molecule has 1 aliphatic carbocycles. The third kappa shape index (κ3) is 3.85. The second kappa shape index (κ2) is 8.09. The van der Waals surface area contributed by atoms with E-state index < -0.39 is 6.04 Å². The van der Waals surface area contributed by atoms with Crippen LogP contribution in [-0.4, -0.2) is 20.5 Å². The van der Waals surface area contributed by atoms with Gasteiger partial charge in [-0.05, 0) is 48.2 Å². The van der Waals surface area contributed by atoms with Crippen molar-refractivity contribution in [2.75, 3.05) is 5.32 Å². The maximum absolute atomic E-state index is 13.5. The van der Waals surface area contributed by atoms with Gasteiger partial charge in [0.05, 0.1) is 0 Å². The third-order valence-electron chi connectivity index (χ3n) is 5.41. The van der Waals surface area contributed by atoms with Crippen molar-refractivity contribution in [3.8, 4) is 0 Å². The molecule has 0 unspecified atom stereocenters. The molecule has 0 fully saturated rings. The van der Waals surface area contributed by atoms with Crippen molar-refractivity contribution < 1.29 is 13.6 Å². The number of carbonyl (C=O) groups is 1. The molecule has 1 atom stereocenters. The first kappa shape index (κ1) is 20.2. The normalized spacial score (nSPS) is 17.9. The minimum atomic E-state index is -0.462. The van der Waals surface area contributed by atoms with E-state index in [2.05, 4.69) is 15.4 Å². The van der Waals surface area contributed by atoms with Gasteiger partial charge >= 0.3 is 0 Å². The molecule has 31 heavy (non-hydrogen) atoms. The van der Waals surface area contributed by atoms with Gasteiger partial charge in [0, 0.05) is 28.5 Å². The van der Waals surface area contributed by atoms with Gasteiger partial charge in [-0.25, -0.2) is 13.5 Å². The highest BCUT2D eigenvalue weighted by molar-refractivity contribution is 7.98. The molecule has 3 aromatic rings. The number of rotatable bonds is 4. The van der Waals surface area contributed by atoms with Crippen LogP contribution in [0.15, 0.2) is 58.9 Å². The van der Waals surface area contributed by atoms with Gasteiger partial charge in [0.1, 0.15) is 17.7 Å². The van der Waals surface area contributed by atoms with Crippen LogP contribution in [0.5, 0.6) is 0 Å². The monoisotopic (exact) mass is 458 g/mol. The summed E-state index contributed by atoms with van der Waals surface area (Å²) in [6.45, 7) is 0. The number of hydrogen-bond donors (Lipinski definition) is 1. The summed E-state index contributed by atoms with van der Waals surface area (Å²) in [5, 5.41) is 8.74. The molecule has 5 rings (SSSR count). The Hall–Kier alpha value is -2.71. The number of aromatic nitrogens is 3. The van der Waals surface area contributed by atoms with E-state index in [-0.39, 0.29) is 17.4 Å². The molecular formula is C22H17ClF2N4OS. The van der Waals surface area contributed by atoms with Crippen molar-refractivity contribution in [1.82, 2.24) is 14.8 Å². The SMILES string of the molecule is O=C1CCCC2=C1[C@H](c1ccc(F)cc1)n1nc(SCc3ccc(F)cc3Cl)nc1N2. The summed E-state index contributed by atoms with van der Waals surface area (Å²) in [5.41, 5.74) is 3.06. The Balaban J connectivity index is 1.49. The van der Waals surface area contributed by atoms with Crippen LogP contribution in [0.1, 0.15) is 36.4 Å². The predicted octanol–water partition coefficient (Wildman–Crippen LogP) is 5.52. The fourth-order valence-corrected chi connectivity index (χ4v) is 5.08. The lowest BCUT2D eigenvalue weighted by molar-refractivity contribution is -0.116. The smallest absolute Gasteiger partial charge is 0.227 e. The first-order valence-electron chi connectivity index (χ1n) is 9.81. The van der Waals surface area contributed by atoms with Gasteiger partial charge in [-0.1, -0.05) is 41.6 Å². The minimum absolute atomic E-state index is 0.0662. The first-order chi connectivity index (χ1) is 15.0. The first-order valence-corrected chi connectivity index (χ1v) is 11.2. The molecule has 0 bridgehead atoms. The number of benzene rings is 2. The summed E-state index contributed by atoms with van der Waals surface area (Å²) in [7, 11) is 0. The van der Waals surface area contributed by atoms with Gasteiger partial charge in [0.25, 0.3) is 0 Å². The van der Waals surface area contributed by atoms with Crippen LogP contribution in [-0.2, 0) is 10.5 Å². The van der Waals surface area contributed by atoms with E-state index in [4.69, 9.17) is 11.6 Å². The quantitative estimate of drug-likeness (QED) is 0.521. The lowest BCUT2D eigenvalue weighted by Gasteiger charge is -2.32. The van der Waals surface area contributed by atoms with Crippen molar-refractivity contribution in [3.05, 3.63) is 81.5 Å². The van der Waals surface area contributed by atoms with Crippen LogP contribution in [0, 0.1) is 11.6 Å². The Bertz CT molecular complexity index is 1210. The standard InChI is InChI=1S/C22H17ClF2N4OS/c23-16-10-15(25)9-6-13(16)11-31-22-27-21-26-17-2-1-3-18(30)19(17)20(29(21)28-22)12-4-7-14(24)8-5-12/h4-10,20H,1-3,11H2,(H,26,27,28)/t20-/m0/s1. The number of allylic oxidation sites excluding steroid dienone is 2. The molecule has 0 spiro atoms. The lowest BCUT2D eigenvalue weighted by Crippen LogP contribution is -2.31. The molecule has 9 heteroatoms. The number of nitrogens with zero attached hydrogens (tertiary/aromatic N) is 3. The zero-order chi connectivity index (χ0) is 21.5. The van der Waals surface area contributed by atoms with Gasteiger partial charge in [-0.3, -0.25) is 4.79 Å². The van der Waals surface area contributed by atoms with E-state index >= 15 is 0 Å².